The molecule has 0 spiro atoms. The van der Waals surface area contributed by atoms with E-state index in [4.69, 9.17) is 10.00 Å². The molecule has 0 fully saturated rings. The Balaban J connectivity index is 1.90. The fourth-order valence-corrected chi connectivity index (χ4v) is 2.85. The molecule has 2 aromatic rings. The fraction of sp³-hybridized carbons (Fsp3) is 0.263. The van der Waals surface area contributed by atoms with Crippen molar-refractivity contribution >= 4 is 22.0 Å². The van der Waals surface area contributed by atoms with Gasteiger partial charge in [0.25, 0.3) is 0 Å². The first-order valence-electron chi connectivity index (χ1n) is 7.94. The molecule has 0 aliphatic heterocycles. The van der Waals surface area contributed by atoms with Gasteiger partial charge < -0.3 is 20.3 Å². The van der Waals surface area contributed by atoms with Crippen LogP contribution in [0, 0.1) is 11.3 Å². The largest absolute Gasteiger partial charge is 0.445 e. The first kappa shape index (κ1) is 19.9. The van der Waals surface area contributed by atoms with Gasteiger partial charge in [-0.25, -0.2) is 4.79 Å². The molecule has 7 heteroatoms. The second-order valence-corrected chi connectivity index (χ2v) is 6.17. The van der Waals surface area contributed by atoms with Gasteiger partial charge in [0.1, 0.15) is 18.8 Å². The standard InChI is InChI=1S/C19H19BrN2O4/c20-9-15-7-6-14(10-21)8-16(15)18(24)17(23)11-22-19(25)26-12-13-4-2-1-3-5-13/h1-8,17-18,23-24H,9,11-12H2,(H,22,25). The highest BCUT2D eigenvalue weighted by Gasteiger charge is 2.22. The Morgan fingerprint density at radius 2 is 1.96 bits per heavy atom. The molecule has 0 aromatic heterocycles. The summed E-state index contributed by atoms with van der Waals surface area (Å²) in [6.45, 7) is -0.0728. The maximum Gasteiger partial charge on any atom is 0.407 e. The quantitative estimate of drug-likeness (QED) is 0.599. The number of hydrogen-bond acceptors (Lipinski definition) is 5. The van der Waals surface area contributed by atoms with E-state index >= 15 is 0 Å². The first-order chi connectivity index (χ1) is 12.5. The van der Waals surface area contributed by atoms with Gasteiger partial charge in [-0.05, 0) is 28.8 Å². The van der Waals surface area contributed by atoms with Gasteiger partial charge in [-0.3, -0.25) is 0 Å². The third-order valence-corrected chi connectivity index (χ3v) is 4.37. The molecule has 136 valence electrons. The number of hydrogen-bond donors (Lipinski definition) is 3. The average Bonchev–Trinajstić information content (AvgIpc) is 2.70. The molecular formula is C19H19BrN2O4. The van der Waals surface area contributed by atoms with Gasteiger partial charge in [0.05, 0.1) is 11.6 Å². The minimum atomic E-state index is -1.25. The lowest BCUT2D eigenvalue weighted by Crippen LogP contribution is -2.36. The number of aliphatic hydroxyl groups is 2. The van der Waals surface area contributed by atoms with Gasteiger partial charge in [0, 0.05) is 11.9 Å². The van der Waals surface area contributed by atoms with Crippen molar-refractivity contribution < 1.29 is 19.7 Å². The smallest absolute Gasteiger partial charge is 0.407 e. The number of rotatable bonds is 7. The van der Waals surface area contributed by atoms with E-state index in [1.165, 1.54) is 6.07 Å². The van der Waals surface area contributed by atoms with Gasteiger partial charge in [-0.1, -0.05) is 52.3 Å². The number of benzene rings is 2. The molecule has 2 unspecified atom stereocenters. The Labute approximate surface area is 160 Å². The minimum absolute atomic E-state index is 0.114. The van der Waals surface area contributed by atoms with Crippen LogP contribution in [0.25, 0.3) is 0 Å². The second kappa shape index (κ2) is 9.92. The van der Waals surface area contributed by atoms with Crippen LogP contribution >= 0.6 is 15.9 Å². The molecule has 0 saturated carbocycles. The van der Waals surface area contributed by atoms with E-state index in [1.807, 2.05) is 36.4 Å². The highest BCUT2D eigenvalue weighted by Crippen LogP contribution is 2.24. The zero-order valence-electron chi connectivity index (χ0n) is 13.9. The van der Waals surface area contributed by atoms with Gasteiger partial charge >= 0.3 is 6.09 Å². The molecule has 2 aromatic carbocycles. The van der Waals surface area contributed by atoms with Crippen LogP contribution in [0.15, 0.2) is 48.5 Å². The molecule has 2 rings (SSSR count). The van der Waals surface area contributed by atoms with Gasteiger partial charge in [0.2, 0.25) is 0 Å². The second-order valence-electron chi connectivity index (χ2n) is 5.61. The average molecular weight is 419 g/mol. The molecule has 0 aliphatic rings. The predicted molar refractivity (Wildman–Crippen MR) is 99.4 cm³/mol. The normalized spacial score (nSPS) is 12.7. The molecule has 0 saturated heterocycles. The van der Waals surface area contributed by atoms with Gasteiger partial charge in [-0.2, -0.15) is 5.26 Å². The van der Waals surface area contributed by atoms with Crippen LogP contribution in [0.4, 0.5) is 4.79 Å². The summed E-state index contributed by atoms with van der Waals surface area (Å²) in [7, 11) is 0. The van der Waals surface area contributed by atoms with Crippen LogP contribution in [0.2, 0.25) is 0 Å². The number of carbonyl (C=O) groups is 1. The Hall–Kier alpha value is -2.40. The van der Waals surface area contributed by atoms with Gasteiger partial charge in [0.15, 0.2) is 0 Å². The lowest BCUT2D eigenvalue weighted by molar-refractivity contribution is 0.0180. The van der Waals surface area contributed by atoms with Crippen LogP contribution in [0.3, 0.4) is 0 Å². The van der Waals surface area contributed by atoms with Crippen molar-refractivity contribution in [1.29, 1.82) is 5.26 Å². The third-order valence-electron chi connectivity index (χ3n) is 3.77. The van der Waals surface area contributed by atoms with E-state index in [-0.39, 0.29) is 13.2 Å². The van der Waals surface area contributed by atoms with Crippen molar-refractivity contribution in [3.05, 3.63) is 70.8 Å². The number of alkyl carbamates (subject to hydrolysis) is 1. The first-order valence-corrected chi connectivity index (χ1v) is 9.07. The fourth-order valence-electron chi connectivity index (χ4n) is 2.34. The molecule has 2 atom stereocenters. The number of nitrogens with zero attached hydrogens (tertiary/aromatic N) is 1. The summed E-state index contributed by atoms with van der Waals surface area (Å²) >= 11 is 3.31. The van der Waals surface area contributed by atoms with Gasteiger partial charge in [-0.15, -0.1) is 0 Å². The van der Waals surface area contributed by atoms with Crippen molar-refractivity contribution in [3.63, 3.8) is 0 Å². The van der Waals surface area contributed by atoms with E-state index in [2.05, 4.69) is 21.2 Å². The Kier molecular flexibility index (Phi) is 7.60. The van der Waals surface area contributed by atoms with E-state index in [0.717, 1.165) is 11.1 Å². The number of nitrogens with one attached hydrogen (secondary N) is 1. The van der Waals surface area contributed by atoms with Crippen LogP contribution < -0.4 is 5.32 Å². The highest BCUT2D eigenvalue weighted by atomic mass is 79.9. The van der Waals surface area contributed by atoms with Crippen molar-refractivity contribution in [2.75, 3.05) is 6.54 Å². The molecule has 1 amide bonds. The molecule has 0 radical (unpaired) electrons. The van der Waals surface area contributed by atoms with E-state index < -0.39 is 18.3 Å². The van der Waals surface area contributed by atoms with Crippen LogP contribution in [-0.2, 0) is 16.7 Å². The van der Waals surface area contributed by atoms with Crippen molar-refractivity contribution in [2.45, 2.75) is 24.1 Å². The van der Waals surface area contributed by atoms with E-state index in [9.17, 15) is 15.0 Å². The minimum Gasteiger partial charge on any atom is -0.445 e. The number of carbonyl (C=O) groups excluding carboxylic acids is 1. The molecule has 26 heavy (non-hydrogen) atoms. The summed E-state index contributed by atoms with van der Waals surface area (Å²) in [6, 6.07) is 16.1. The topological polar surface area (TPSA) is 103 Å². The summed E-state index contributed by atoms with van der Waals surface area (Å²) in [5.41, 5.74) is 2.42. The molecule has 0 aliphatic carbocycles. The van der Waals surface area contributed by atoms with Crippen LogP contribution in [0.1, 0.15) is 28.4 Å². The monoisotopic (exact) mass is 418 g/mol. The van der Waals surface area contributed by atoms with E-state index in [1.54, 1.807) is 12.1 Å². The zero-order valence-corrected chi connectivity index (χ0v) is 15.5. The summed E-state index contributed by atoms with van der Waals surface area (Å²) in [5.74, 6) is 0. The summed E-state index contributed by atoms with van der Waals surface area (Å²) < 4.78 is 5.05. The molecule has 6 nitrogen and oxygen atoms in total. The van der Waals surface area contributed by atoms with Crippen LogP contribution in [0.5, 0.6) is 0 Å². The Morgan fingerprint density at radius 3 is 2.62 bits per heavy atom. The number of alkyl halides is 1. The third kappa shape index (κ3) is 5.56. The van der Waals surface area contributed by atoms with Crippen molar-refractivity contribution in [2.24, 2.45) is 0 Å². The van der Waals surface area contributed by atoms with E-state index in [0.29, 0.717) is 16.5 Å². The summed E-state index contributed by atoms with van der Waals surface area (Å²) in [6.07, 6.45) is -3.18. The number of nitriles is 1. The van der Waals surface area contributed by atoms with Crippen LogP contribution in [-0.4, -0.2) is 29.0 Å². The lowest BCUT2D eigenvalue weighted by Gasteiger charge is -2.21. The van der Waals surface area contributed by atoms with Crippen molar-refractivity contribution in [3.8, 4) is 6.07 Å². The number of ether oxygens (including phenoxy) is 1. The Morgan fingerprint density at radius 1 is 1.23 bits per heavy atom. The molecule has 3 N–H and O–H groups in total. The summed E-state index contributed by atoms with van der Waals surface area (Å²) in [4.78, 5) is 11.7. The number of halogens is 1. The highest BCUT2D eigenvalue weighted by molar-refractivity contribution is 9.08. The molecule has 0 heterocycles. The predicted octanol–water partition coefficient (Wildman–Crippen LogP) is 2.77. The molecular weight excluding hydrogens is 400 g/mol. The number of aliphatic hydroxyl groups excluding tert-OH is 2. The SMILES string of the molecule is N#Cc1ccc(CBr)c(C(O)C(O)CNC(=O)OCc2ccccc2)c1. The zero-order chi connectivity index (χ0) is 18.9. The maximum atomic E-state index is 11.7. The Bertz CT molecular complexity index is 777. The maximum absolute atomic E-state index is 11.7. The molecule has 0 bridgehead atoms. The van der Waals surface area contributed by atoms with Crippen molar-refractivity contribution in [1.82, 2.24) is 5.32 Å². The lowest BCUT2D eigenvalue weighted by atomic mass is 9.97. The number of amides is 1. The summed E-state index contributed by atoms with van der Waals surface area (Å²) in [5, 5.41) is 32.4.